The zero-order valence-corrected chi connectivity index (χ0v) is 13.7. The van der Waals surface area contributed by atoms with Gasteiger partial charge >= 0.3 is 5.97 Å². The van der Waals surface area contributed by atoms with Crippen LogP contribution < -0.4 is 5.32 Å². The molecule has 0 fully saturated rings. The average Bonchev–Trinajstić information content (AvgIpc) is 2.84. The molecule has 1 unspecified atom stereocenters. The molecule has 1 atom stereocenters. The Bertz CT molecular complexity index is 737. The minimum Gasteiger partial charge on any atom is -0.477 e. The maximum atomic E-state index is 12.3. The molecule has 0 bridgehead atoms. The second-order valence-electron chi connectivity index (χ2n) is 5.27. The van der Waals surface area contributed by atoms with E-state index in [-0.39, 0.29) is 16.8 Å². The lowest BCUT2D eigenvalue weighted by atomic mass is 10.1. The van der Waals surface area contributed by atoms with Gasteiger partial charge in [0.1, 0.15) is 9.88 Å². The van der Waals surface area contributed by atoms with Crippen LogP contribution in [0.1, 0.15) is 54.8 Å². The number of amides is 1. The summed E-state index contributed by atoms with van der Waals surface area (Å²) >= 11 is 1.09. The number of thiazole rings is 1. The van der Waals surface area contributed by atoms with E-state index in [4.69, 9.17) is 5.11 Å². The van der Waals surface area contributed by atoms with Crippen molar-refractivity contribution in [2.75, 3.05) is 0 Å². The molecule has 1 amide bonds. The Hall–Kier alpha value is -2.21. The number of nitrogens with zero attached hydrogens (tertiary/aromatic N) is 1. The number of carbonyl (C=O) groups is 2. The fourth-order valence-corrected chi connectivity index (χ4v) is 2.93. The largest absolute Gasteiger partial charge is 0.477 e. The van der Waals surface area contributed by atoms with Crippen molar-refractivity contribution in [3.8, 4) is 0 Å². The van der Waals surface area contributed by atoms with Gasteiger partial charge in [-0.2, -0.15) is 0 Å². The molecular weight excluding hydrogens is 300 g/mol. The summed E-state index contributed by atoms with van der Waals surface area (Å²) in [6.45, 7) is 7.40. The standard InChI is InChI=1S/C16H18N2O3S/c1-8-5-6-12(7-9(8)2)14(19)17-11(4)15-18-10(3)13(22-15)16(20)21/h5-7,11H,1-4H3,(H,17,19)(H,20,21). The highest BCUT2D eigenvalue weighted by Gasteiger charge is 2.19. The molecule has 0 aliphatic carbocycles. The van der Waals surface area contributed by atoms with Crippen LogP contribution in [0.5, 0.6) is 0 Å². The molecule has 0 saturated carbocycles. The quantitative estimate of drug-likeness (QED) is 0.907. The van der Waals surface area contributed by atoms with E-state index in [0.717, 1.165) is 22.5 Å². The third-order valence-corrected chi connectivity index (χ3v) is 4.82. The number of nitrogens with one attached hydrogen (secondary N) is 1. The van der Waals surface area contributed by atoms with Gasteiger partial charge in [0.15, 0.2) is 0 Å². The summed E-state index contributed by atoms with van der Waals surface area (Å²) in [7, 11) is 0. The predicted octanol–water partition coefficient (Wildman–Crippen LogP) is 3.26. The molecule has 116 valence electrons. The van der Waals surface area contributed by atoms with Crippen molar-refractivity contribution in [3.63, 3.8) is 0 Å². The van der Waals surface area contributed by atoms with E-state index in [0.29, 0.717) is 16.3 Å². The molecule has 6 heteroatoms. The molecule has 0 radical (unpaired) electrons. The van der Waals surface area contributed by atoms with Crippen LogP contribution in [0.3, 0.4) is 0 Å². The Morgan fingerprint density at radius 2 is 1.91 bits per heavy atom. The van der Waals surface area contributed by atoms with Crippen LogP contribution >= 0.6 is 11.3 Å². The fraction of sp³-hybridized carbons (Fsp3) is 0.312. The summed E-state index contributed by atoms with van der Waals surface area (Å²) < 4.78 is 0. The van der Waals surface area contributed by atoms with Crippen LogP contribution in [0.2, 0.25) is 0 Å². The number of aromatic carboxylic acids is 1. The maximum Gasteiger partial charge on any atom is 0.347 e. The lowest BCUT2D eigenvalue weighted by molar-refractivity contribution is 0.0701. The van der Waals surface area contributed by atoms with Gasteiger partial charge in [0.05, 0.1) is 11.7 Å². The van der Waals surface area contributed by atoms with Gasteiger partial charge in [-0.05, 0) is 51.0 Å². The third-order valence-electron chi connectivity index (χ3n) is 3.49. The van der Waals surface area contributed by atoms with E-state index in [9.17, 15) is 9.59 Å². The Labute approximate surface area is 133 Å². The van der Waals surface area contributed by atoms with Crippen molar-refractivity contribution in [2.45, 2.75) is 33.7 Å². The maximum absolute atomic E-state index is 12.3. The summed E-state index contributed by atoms with van der Waals surface area (Å²) in [5, 5.41) is 12.5. The highest BCUT2D eigenvalue weighted by atomic mass is 32.1. The fourth-order valence-electron chi connectivity index (χ4n) is 2.03. The van der Waals surface area contributed by atoms with Crippen LogP contribution in [0, 0.1) is 20.8 Å². The monoisotopic (exact) mass is 318 g/mol. The number of aryl methyl sites for hydroxylation is 3. The highest BCUT2D eigenvalue weighted by Crippen LogP contribution is 2.24. The first-order chi connectivity index (χ1) is 10.3. The molecule has 5 nitrogen and oxygen atoms in total. The molecule has 0 saturated heterocycles. The molecule has 2 aromatic rings. The Balaban J connectivity index is 2.15. The molecule has 1 heterocycles. The second-order valence-corrected chi connectivity index (χ2v) is 6.30. The van der Waals surface area contributed by atoms with Crippen molar-refractivity contribution in [1.82, 2.24) is 10.3 Å². The number of carboxylic acid groups (broad SMARTS) is 1. The smallest absolute Gasteiger partial charge is 0.347 e. The van der Waals surface area contributed by atoms with Gasteiger partial charge in [-0.3, -0.25) is 4.79 Å². The van der Waals surface area contributed by atoms with Crippen molar-refractivity contribution in [3.05, 3.63) is 50.5 Å². The van der Waals surface area contributed by atoms with Crippen molar-refractivity contribution in [2.24, 2.45) is 0 Å². The third kappa shape index (κ3) is 3.33. The summed E-state index contributed by atoms with van der Waals surface area (Å²) in [4.78, 5) is 27.8. The van der Waals surface area contributed by atoms with E-state index >= 15 is 0 Å². The van der Waals surface area contributed by atoms with Gasteiger partial charge in [-0.1, -0.05) is 6.07 Å². The molecule has 0 spiro atoms. The summed E-state index contributed by atoms with van der Waals surface area (Å²) in [5.74, 6) is -1.19. The summed E-state index contributed by atoms with van der Waals surface area (Å²) in [6, 6.07) is 5.18. The Kier molecular flexibility index (Phi) is 4.61. The zero-order valence-electron chi connectivity index (χ0n) is 12.9. The van der Waals surface area contributed by atoms with Crippen LogP contribution in [0.4, 0.5) is 0 Å². The SMILES string of the molecule is Cc1ccc(C(=O)NC(C)c2nc(C)c(C(=O)O)s2)cc1C. The summed E-state index contributed by atoms with van der Waals surface area (Å²) in [5.41, 5.74) is 3.24. The van der Waals surface area contributed by atoms with Crippen LogP contribution in [-0.2, 0) is 0 Å². The number of hydrogen-bond donors (Lipinski definition) is 2. The molecule has 22 heavy (non-hydrogen) atoms. The minimum atomic E-state index is -0.992. The van der Waals surface area contributed by atoms with Crippen molar-refractivity contribution in [1.29, 1.82) is 0 Å². The van der Waals surface area contributed by atoms with Gasteiger partial charge in [0.25, 0.3) is 5.91 Å². The molecule has 0 aliphatic heterocycles. The average molecular weight is 318 g/mol. The predicted molar refractivity (Wildman–Crippen MR) is 85.6 cm³/mol. The van der Waals surface area contributed by atoms with Crippen LogP contribution in [0.15, 0.2) is 18.2 Å². The Morgan fingerprint density at radius 3 is 2.45 bits per heavy atom. The lowest BCUT2D eigenvalue weighted by Crippen LogP contribution is -2.26. The number of rotatable bonds is 4. The normalized spacial score (nSPS) is 12.0. The number of carbonyl (C=O) groups excluding carboxylic acids is 1. The van der Waals surface area contributed by atoms with E-state index in [1.807, 2.05) is 26.0 Å². The van der Waals surface area contributed by atoms with E-state index in [1.165, 1.54) is 0 Å². The van der Waals surface area contributed by atoms with E-state index < -0.39 is 5.97 Å². The van der Waals surface area contributed by atoms with Crippen LogP contribution in [0.25, 0.3) is 0 Å². The number of carboxylic acids is 1. The van der Waals surface area contributed by atoms with E-state index in [2.05, 4.69) is 10.3 Å². The molecule has 2 rings (SSSR count). The highest BCUT2D eigenvalue weighted by molar-refractivity contribution is 7.13. The molecule has 2 N–H and O–H groups in total. The first-order valence-electron chi connectivity index (χ1n) is 6.88. The minimum absolute atomic E-state index is 0.194. The van der Waals surface area contributed by atoms with Gasteiger partial charge in [0.2, 0.25) is 0 Å². The van der Waals surface area contributed by atoms with Crippen molar-refractivity contribution < 1.29 is 14.7 Å². The summed E-state index contributed by atoms with van der Waals surface area (Å²) in [6.07, 6.45) is 0. The molecule has 1 aromatic heterocycles. The van der Waals surface area contributed by atoms with E-state index in [1.54, 1.807) is 19.9 Å². The van der Waals surface area contributed by atoms with Gasteiger partial charge in [-0.15, -0.1) is 11.3 Å². The number of hydrogen-bond acceptors (Lipinski definition) is 4. The van der Waals surface area contributed by atoms with Crippen LogP contribution in [-0.4, -0.2) is 22.0 Å². The first kappa shape index (κ1) is 16.2. The first-order valence-corrected chi connectivity index (χ1v) is 7.70. The van der Waals surface area contributed by atoms with Crippen molar-refractivity contribution >= 4 is 23.2 Å². The lowest BCUT2D eigenvalue weighted by Gasteiger charge is -2.12. The van der Waals surface area contributed by atoms with Gasteiger partial charge in [0, 0.05) is 5.56 Å². The van der Waals surface area contributed by atoms with Gasteiger partial charge in [-0.25, -0.2) is 9.78 Å². The molecule has 0 aliphatic rings. The Morgan fingerprint density at radius 1 is 1.23 bits per heavy atom. The molecular formula is C16H18N2O3S. The topological polar surface area (TPSA) is 79.3 Å². The molecule has 1 aromatic carbocycles. The number of aromatic nitrogens is 1. The zero-order chi connectivity index (χ0) is 16.4. The number of benzene rings is 1. The van der Waals surface area contributed by atoms with Gasteiger partial charge < -0.3 is 10.4 Å². The second kappa shape index (κ2) is 6.27.